The Labute approximate surface area is 126 Å². The average Bonchev–Trinajstić information content (AvgIpc) is 3.17. The van der Waals surface area contributed by atoms with Crippen molar-refractivity contribution in [2.75, 3.05) is 7.11 Å². The van der Waals surface area contributed by atoms with Gasteiger partial charge >= 0.3 is 5.97 Å². The van der Waals surface area contributed by atoms with Crippen LogP contribution >= 0.6 is 0 Å². The number of nitrogens with zero attached hydrogens (tertiary/aromatic N) is 4. The summed E-state index contributed by atoms with van der Waals surface area (Å²) in [5, 5.41) is 12.3. The fourth-order valence-electron chi connectivity index (χ4n) is 1.94. The molecule has 7 heteroatoms. The Morgan fingerprint density at radius 1 is 1.23 bits per heavy atom. The summed E-state index contributed by atoms with van der Waals surface area (Å²) in [6, 6.07) is 11.1. The van der Waals surface area contributed by atoms with E-state index in [0.29, 0.717) is 11.6 Å². The van der Waals surface area contributed by atoms with Crippen LogP contribution in [0.5, 0.6) is 0 Å². The van der Waals surface area contributed by atoms with Gasteiger partial charge in [-0.05, 0) is 24.3 Å². The minimum atomic E-state index is -0.516. The zero-order chi connectivity index (χ0) is 15.5. The van der Waals surface area contributed by atoms with Gasteiger partial charge in [-0.3, -0.25) is 0 Å². The van der Waals surface area contributed by atoms with Crippen molar-refractivity contribution in [1.82, 2.24) is 20.2 Å². The van der Waals surface area contributed by atoms with Crippen LogP contribution in [-0.2, 0) is 11.3 Å². The summed E-state index contributed by atoms with van der Waals surface area (Å²) >= 11 is 0. The van der Waals surface area contributed by atoms with Gasteiger partial charge in [0.15, 0.2) is 0 Å². The van der Waals surface area contributed by atoms with Gasteiger partial charge in [-0.2, -0.15) is 4.80 Å². The van der Waals surface area contributed by atoms with Crippen molar-refractivity contribution >= 4 is 5.97 Å². The van der Waals surface area contributed by atoms with E-state index in [-0.39, 0.29) is 12.3 Å². The molecule has 0 amide bonds. The summed E-state index contributed by atoms with van der Waals surface area (Å²) in [5.74, 6) is 0.725. The van der Waals surface area contributed by atoms with E-state index in [1.165, 1.54) is 17.5 Å². The number of esters is 1. The highest BCUT2D eigenvalue weighted by molar-refractivity contribution is 5.86. The highest BCUT2D eigenvalue weighted by Gasteiger charge is 2.12. The van der Waals surface area contributed by atoms with Crippen LogP contribution in [0.2, 0.25) is 0 Å². The van der Waals surface area contributed by atoms with Crippen molar-refractivity contribution in [1.29, 1.82) is 0 Å². The topological polar surface area (TPSA) is 83.0 Å². The summed E-state index contributed by atoms with van der Waals surface area (Å²) in [5.41, 5.74) is 2.06. The third-order valence-electron chi connectivity index (χ3n) is 3.11. The predicted molar refractivity (Wildman–Crippen MR) is 77.1 cm³/mol. The summed E-state index contributed by atoms with van der Waals surface area (Å²) in [6.07, 6.45) is 0. The number of methoxy groups -OCH3 is 1. The van der Waals surface area contributed by atoms with E-state index in [1.807, 2.05) is 31.2 Å². The summed E-state index contributed by atoms with van der Waals surface area (Å²) in [4.78, 5) is 12.7. The van der Waals surface area contributed by atoms with Crippen LogP contribution in [0.15, 0.2) is 40.8 Å². The van der Waals surface area contributed by atoms with E-state index < -0.39 is 5.97 Å². The van der Waals surface area contributed by atoms with Crippen LogP contribution in [0.3, 0.4) is 0 Å². The molecule has 7 nitrogen and oxygen atoms in total. The molecule has 0 aliphatic heterocycles. The molecular formula is C15H14N4O3. The first-order valence-electron chi connectivity index (χ1n) is 6.67. The van der Waals surface area contributed by atoms with Crippen molar-refractivity contribution in [2.45, 2.75) is 13.5 Å². The van der Waals surface area contributed by atoms with Gasteiger partial charge in [0.1, 0.15) is 12.3 Å². The minimum absolute atomic E-state index is 0.149. The third-order valence-corrected chi connectivity index (χ3v) is 3.11. The fourth-order valence-corrected chi connectivity index (χ4v) is 1.94. The largest absolute Gasteiger partial charge is 0.463 e. The van der Waals surface area contributed by atoms with Gasteiger partial charge in [0, 0.05) is 5.56 Å². The van der Waals surface area contributed by atoms with E-state index in [9.17, 15) is 4.79 Å². The van der Waals surface area contributed by atoms with Crippen molar-refractivity contribution < 1.29 is 13.9 Å². The van der Waals surface area contributed by atoms with Gasteiger partial charge in [-0.1, -0.05) is 29.8 Å². The van der Waals surface area contributed by atoms with Crippen molar-refractivity contribution in [2.24, 2.45) is 0 Å². The molecule has 0 atom stereocenters. The first-order valence-corrected chi connectivity index (χ1v) is 6.67. The average molecular weight is 298 g/mol. The maximum atomic E-state index is 11.3. The predicted octanol–water partition coefficient (Wildman–Crippen LogP) is 2.08. The zero-order valence-corrected chi connectivity index (χ0v) is 12.2. The van der Waals surface area contributed by atoms with Crippen molar-refractivity contribution in [3.63, 3.8) is 0 Å². The molecule has 0 N–H and O–H groups in total. The maximum absolute atomic E-state index is 11.3. The summed E-state index contributed by atoms with van der Waals surface area (Å²) in [6.45, 7) is 2.31. The molecule has 2 aromatic heterocycles. The number of tetrazole rings is 1. The number of hydrogen-bond acceptors (Lipinski definition) is 6. The Hall–Kier alpha value is -2.96. The Balaban J connectivity index is 1.75. The van der Waals surface area contributed by atoms with Gasteiger partial charge in [0.2, 0.25) is 11.6 Å². The van der Waals surface area contributed by atoms with Crippen LogP contribution in [0.25, 0.3) is 11.4 Å². The van der Waals surface area contributed by atoms with Crippen LogP contribution in [0, 0.1) is 6.92 Å². The lowest BCUT2D eigenvalue weighted by atomic mass is 10.1. The molecule has 0 aliphatic rings. The lowest BCUT2D eigenvalue weighted by Gasteiger charge is -1.96. The number of aryl methyl sites for hydroxylation is 1. The molecule has 0 bridgehead atoms. The highest BCUT2D eigenvalue weighted by Crippen LogP contribution is 2.15. The molecule has 1 aromatic carbocycles. The minimum Gasteiger partial charge on any atom is -0.463 e. The molecule has 0 saturated carbocycles. The molecule has 0 spiro atoms. The number of furan rings is 1. The smallest absolute Gasteiger partial charge is 0.373 e. The van der Waals surface area contributed by atoms with Crippen LogP contribution in [0.1, 0.15) is 21.9 Å². The van der Waals surface area contributed by atoms with Gasteiger partial charge in [0.25, 0.3) is 0 Å². The second-order valence-electron chi connectivity index (χ2n) is 4.77. The van der Waals surface area contributed by atoms with E-state index in [1.54, 1.807) is 12.1 Å². The highest BCUT2D eigenvalue weighted by atomic mass is 16.5. The molecule has 112 valence electrons. The molecule has 0 radical (unpaired) electrons. The zero-order valence-electron chi connectivity index (χ0n) is 12.2. The van der Waals surface area contributed by atoms with Crippen molar-refractivity contribution in [3.8, 4) is 11.4 Å². The van der Waals surface area contributed by atoms with Crippen molar-refractivity contribution in [3.05, 3.63) is 53.5 Å². The van der Waals surface area contributed by atoms with Gasteiger partial charge < -0.3 is 9.15 Å². The van der Waals surface area contributed by atoms with Gasteiger partial charge in [-0.15, -0.1) is 10.2 Å². The molecule has 22 heavy (non-hydrogen) atoms. The summed E-state index contributed by atoms with van der Waals surface area (Å²) in [7, 11) is 1.30. The molecule has 0 aliphatic carbocycles. The van der Waals surface area contributed by atoms with Crippen LogP contribution in [-0.4, -0.2) is 33.3 Å². The van der Waals surface area contributed by atoms with Crippen LogP contribution in [0.4, 0.5) is 0 Å². The summed E-state index contributed by atoms with van der Waals surface area (Å²) < 4.78 is 9.96. The SMILES string of the molecule is COC(=O)c1ccc(Cn2nnc(-c3ccc(C)cc3)n2)o1. The molecule has 2 heterocycles. The number of carbonyl (C=O) groups excluding carboxylic acids is 1. The van der Waals surface area contributed by atoms with Crippen LogP contribution < -0.4 is 0 Å². The number of aromatic nitrogens is 4. The Bertz CT molecular complexity index is 789. The fraction of sp³-hybridized carbons (Fsp3) is 0.200. The normalized spacial score (nSPS) is 10.6. The van der Waals surface area contributed by atoms with E-state index in [2.05, 4.69) is 20.1 Å². The molecule has 3 rings (SSSR count). The molecule has 0 fully saturated rings. The monoisotopic (exact) mass is 298 g/mol. The number of rotatable bonds is 4. The van der Waals surface area contributed by atoms with E-state index in [4.69, 9.17) is 4.42 Å². The second-order valence-corrected chi connectivity index (χ2v) is 4.77. The lowest BCUT2D eigenvalue weighted by molar-refractivity contribution is 0.0562. The number of benzene rings is 1. The lowest BCUT2D eigenvalue weighted by Crippen LogP contribution is -2.03. The number of ether oxygens (including phenoxy) is 1. The Kier molecular flexibility index (Phi) is 3.69. The maximum Gasteiger partial charge on any atom is 0.373 e. The molecular weight excluding hydrogens is 284 g/mol. The van der Waals surface area contributed by atoms with Gasteiger partial charge in [-0.25, -0.2) is 4.79 Å². The Morgan fingerprint density at radius 2 is 2.00 bits per heavy atom. The second kappa shape index (κ2) is 5.80. The quantitative estimate of drug-likeness (QED) is 0.686. The standard InChI is InChI=1S/C15H14N4O3/c1-10-3-5-11(6-4-10)14-16-18-19(17-14)9-12-7-8-13(22-12)15(20)21-2/h3-8H,9H2,1-2H3. The van der Waals surface area contributed by atoms with Gasteiger partial charge in [0.05, 0.1) is 7.11 Å². The van der Waals surface area contributed by atoms with E-state index >= 15 is 0 Å². The molecule has 3 aromatic rings. The van der Waals surface area contributed by atoms with E-state index in [0.717, 1.165) is 5.56 Å². The number of carbonyl (C=O) groups is 1. The first kappa shape index (κ1) is 14.0. The molecule has 0 saturated heterocycles. The molecule has 0 unspecified atom stereocenters. The third kappa shape index (κ3) is 2.88. The first-order chi connectivity index (χ1) is 10.7. The number of hydrogen-bond donors (Lipinski definition) is 0. The Morgan fingerprint density at radius 3 is 2.73 bits per heavy atom.